The molecule has 1 unspecified atom stereocenters. The summed E-state index contributed by atoms with van der Waals surface area (Å²) < 4.78 is 0. The Morgan fingerprint density at radius 3 is 2.87 bits per heavy atom. The van der Waals surface area contributed by atoms with Crippen molar-refractivity contribution in [3.63, 3.8) is 0 Å². The number of carboxylic acid groups (broad SMARTS) is 1. The number of nitro groups is 1. The summed E-state index contributed by atoms with van der Waals surface area (Å²) in [7, 11) is 1.46. The van der Waals surface area contributed by atoms with E-state index in [4.69, 9.17) is 5.11 Å². The Morgan fingerprint density at radius 1 is 1.80 bits per heavy atom. The summed E-state index contributed by atoms with van der Waals surface area (Å²) in [4.78, 5) is 21.8. The van der Waals surface area contributed by atoms with E-state index in [1.165, 1.54) is 25.1 Å². The first-order chi connectivity index (χ1) is 6.95. The highest BCUT2D eigenvalue weighted by Crippen LogP contribution is 2.25. The van der Waals surface area contributed by atoms with E-state index in [0.717, 1.165) is 0 Å². The van der Waals surface area contributed by atoms with Gasteiger partial charge in [0.1, 0.15) is 12.2 Å². The van der Waals surface area contributed by atoms with Crippen molar-refractivity contribution in [3.05, 3.63) is 16.3 Å². The van der Waals surface area contributed by atoms with Crippen LogP contribution in [0.3, 0.4) is 0 Å². The number of nitrogens with zero attached hydrogens (tertiary/aromatic N) is 3. The van der Waals surface area contributed by atoms with Gasteiger partial charge in [0.05, 0.1) is 0 Å². The Morgan fingerprint density at radius 2 is 2.40 bits per heavy atom. The number of nitrogens with one attached hydrogen (secondary N) is 1. The molecule has 1 aromatic rings. The van der Waals surface area contributed by atoms with Gasteiger partial charge in [0.15, 0.2) is 5.69 Å². The summed E-state index contributed by atoms with van der Waals surface area (Å²) in [5.74, 6) is -1.38. The Balaban J connectivity index is 3.00. The van der Waals surface area contributed by atoms with Crippen LogP contribution in [0.2, 0.25) is 0 Å². The van der Waals surface area contributed by atoms with E-state index < -0.39 is 16.9 Å². The molecule has 0 saturated carbocycles. The summed E-state index contributed by atoms with van der Waals surface area (Å²) >= 11 is 0. The summed E-state index contributed by atoms with van der Waals surface area (Å²) in [6, 6.07) is -0.860. The van der Waals surface area contributed by atoms with Crippen LogP contribution < -0.4 is 4.90 Å². The van der Waals surface area contributed by atoms with Crippen LogP contribution in [0.15, 0.2) is 6.20 Å². The third-order valence-corrected chi connectivity index (χ3v) is 2.10. The first-order valence-electron chi connectivity index (χ1n) is 4.08. The van der Waals surface area contributed by atoms with Gasteiger partial charge >= 0.3 is 11.8 Å². The summed E-state index contributed by atoms with van der Waals surface area (Å²) in [6.07, 6.45) is 1.22. The van der Waals surface area contributed by atoms with E-state index in [0.29, 0.717) is 0 Å². The molecule has 0 saturated heterocycles. The minimum Gasteiger partial charge on any atom is -0.480 e. The standard InChI is InChI=1S/C7H10N4O4/c1-4(7(12)13)10(2)5-3-8-9-6(5)11(14)15/h3-4H,1-2H3,(H,8,9)(H,12,13). The highest BCUT2D eigenvalue weighted by molar-refractivity contribution is 5.78. The predicted octanol–water partition coefficient (Wildman–Crippen LogP) is 0.227. The largest absolute Gasteiger partial charge is 0.480 e. The van der Waals surface area contributed by atoms with Crippen molar-refractivity contribution < 1.29 is 14.8 Å². The third-order valence-electron chi connectivity index (χ3n) is 2.10. The molecular weight excluding hydrogens is 204 g/mol. The molecule has 0 aliphatic heterocycles. The fraction of sp³-hybridized carbons (Fsp3) is 0.429. The molecule has 1 aromatic heterocycles. The average molecular weight is 214 g/mol. The Labute approximate surface area is 84.7 Å². The fourth-order valence-corrected chi connectivity index (χ4v) is 1.04. The lowest BCUT2D eigenvalue weighted by molar-refractivity contribution is -0.388. The van der Waals surface area contributed by atoms with Crippen molar-refractivity contribution in [1.82, 2.24) is 10.2 Å². The normalized spacial score (nSPS) is 12.1. The second-order valence-electron chi connectivity index (χ2n) is 2.99. The molecule has 0 aliphatic rings. The molecule has 8 nitrogen and oxygen atoms in total. The molecule has 8 heteroatoms. The molecule has 0 radical (unpaired) electrons. The summed E-state index contributed by atoms with van der Waals surface area (Å²) in [5.41, 5.74) is 0.148. The van der Waals surface area contributed by atoms with Crippen LogP contribution in [-0.2, 0) is 4.79 Å². The second kappa shape index (κ2) is 3.95. The minimum absolute atomic E-state index is 0.148. The van der Waals surface area contributed by atoms with Crippen LogP contribution >= 0.6 is 0 Å². The van der Waals surface area contributed by atoms with Gasteiger partial charge < -0.3 is 20.1 Å². The molecular formula is C7H10N4O4. The lowest BCUT2D eigenvalue weighted by atomic mass is 10.3. The van der Waals surface area contributed by atoms with E-state index in [2.05, 4.69) is 10.2 Å². The fourth-order valence-electron chi connectivity index (χ4n) is 1.04. The molecule has 15 heavy (non-hydrogen) atoms. The maximum Gasteiger partial charge on any atom is 0.366 e. The molecule has 1 atom stereocenters. The number of hydrogen-bond donors (Lipinski definition) is 2. The van der Waals surface area contributed by atoms with Gasteiger partial charge in [0, 0.05) is 7.05 Å². The zero-order valence-corrected chi connectivity index (χ0v) is 8.17. The third kappa shape index (κ3) is 2.03. The molecule has 82 valence electrons. The number of aromatic amines is 1. The number of aromatic nitrogens is 2. The molecule has 1 rings (SSSR count). The van der Waals surface area contributed by atoms with E-state index >= 15 is 0 Å². The maximum absolute atomic E-state index is 10.7. The first kappa shape index (κ1) is 11.0. The number of hydrogen-bond acceptors (Lipinski definition) is 5. The van der Waals surface area contributed by atoms with Crippen LogP contribution in [0.1, 0.15) is 6.92 Å². The van der Waals surface area contributed by atoms with Crippen LogP contribution in [0.5, 0.6) is 0 Å². The number of likely N-dealkylation sites (N-methyl/N-ethyl adjacent to an activating group) is 1. The van der Waals surface area contributed by atoms with Gasteiger partial charge in [0.25, 0.3) is 0 Å². The lowest BCUT2D eigenvalue weighted by Crippen LogP contribution is -2.35. The van der Waals surface area contributed by atoms with E-state index in [1.807, 2.05) is 0 Å². The van der Waals surface area contributed by atoms with Crippen molar-refractivity contribution in [1.29, 1.82) is 0 Å². The SMILES string of the molecule is CC(C(=O)O)N(C)c1cn[nH]c1[N+](=O)[O-]. The zero-order chi connectivity index (χ0) is 11.6. The Kier molecular flexibility index (Phi) is 2.88. The highest BCUT2D eigenvalue weighted by atomic mass is 16.6. The van der Waals surface area contributed by atoms with E-state index in [9.17, 15) is 14.9 Å². The van der Waals surface area contributed by atoms with E-state index in [1.54, 1.807) is 0 Å². The predicted molar refractivity (Wildman–Crippen MR) is 50.7 cm³/mol. The molecule has 1 heterocycles. The van der Waals surface area contributed by atoms with Crippen molar-refractivity contribution in [3.8, 4) is 0 Å². The topological polar surface area (TPSA) is 112 Å². The number of aliphatic carboxylic acids is 1. The van der Waals surface area contributed by atoms with Gasteiger partial charge in [-0.1, -0.05) is 5.10 Å². The lowest BCUT2D eigenvalue weighted by Gasteiger charge is -2.20. The van der Waals surface area contributed by atoms with Gasteiger partial charge in [0.2, 0.25) is 0 Å². The van der Waals surface area contributed by atoms with Crippen LogP contribution in [0, 0.1) is 10.1 Å². The first-order valence-corrected chi connectivity index (χ1v) is 4.08. The second-order valence-corrected chi connectivity index (χ2v) is 2.99. The minimum atomic E-state index is -1.06. The number of anilines is 1. The number of carboxylic acids is 1. The monoisotopic (exact) mass is 214 g/mol. The van der Waals surface area contributed by atoms with Gasteiger partial charge in [-0.05, 0) is 11.8 Å². The van der Waals surface area contributed by atoms with Gasteiger partial charge in [-0.3, -0.25) is 0 Å². The highest BCUT2D eigenvalue weighted by Gasteiger charge is 2.25. The van der Waals surface area contributed by atoms with Crippen molar-refractivity contribution in [2.45, 2.75) is 13.0 Å². The molecule has 2 N–H and O–H groups in total. The van der Waals surface area contributed by atoms with Crippen LogP contribution in [0.4, 0.5) is 11.5 Å². The zero-order valence-electron chi connectivity index (χ0n) is 8.17. The number of H-pyrrole nitrogens is 1. The van der Waals surface area contributed by atoms with Gasteiger partial charge in [-0.15, -0.1) is 5.10 Å². The average Bonchev–Trinajstić information content (AvgIpc) is 2.63. The smallest absolute Gasteiger partial charge is 0.366 e. The Hall–Kier alpha value is -2.12. The Bertz CT molecular complexity index is 388. The number of rotatable bonds is 4. The van der Waals surface area contributed by atoms with Crippen LogP contribution in [0.25, 0.3) is 0 Å². The summed E-state index contributed by atoms with van der Waals surface area (Å²) in [6.45, 7) is 1.43. The summed E-state index contributed by atoms with van der Waals surface area (Å²) in [5, 5.41) is 25.0. The molecule has 0 fully saturated rings. The van der Waals surface area contributed by atoms with Crippen molar-refractivity contribution >= 4 is 17.5 Å². The number of carbonyl (C=O) groups is 1. The quantitative estimate of drug-likeness (QED) is 0.547. The van der Waals surface area contributed by atoms with Crippen LogP contribution in [-0.4, -0.2) is 39.3 Å². The van der Waals surface area contributed by atoms with Gasteiger partial charge in [-0.25, -0.2) is 4.79 Å². The molecule has 0 amide bonds. The maximum atomic E-state index is 10.7. The molecule has 0 bridgehead atoms. The molecule has 0 aromatic carbocycles. The van der Waals surface area contributed by atoms with Crippen molar-refractivity contribution in [2.24, 2.45) is 0 Å². The van der Waals surface area contributed by atoms with Gasteiger partial charge in [-0.2, -0.15) is 0 Å². The molecule has 0 spiro atoms. The van der Waals surface area contributed by atoms with Crippen molar-refractivity contribution in [2.75, 3.05) is 11.9 Å². The van der Waals surface area contributed by atoms with E-state index in [-0.39, 0.29) is 11.5 Å². The molecule has 0 aliphatic carbocycles.